The summed E-state index contributed by atoms with van der Waals surface area (Å²) in [5.41, 5.74) is 3.21. The second-order valence-electron chi connectivity index (χ2n) is 10.2. The van der Waals surface area contributed by atoms with Crippen LogP contribution in [-0.2, 0) is 4.65 Å². The predicted octanol–water partition coefficient (Wildman–Crippen LogP) is 6.77. The van der Waals surface area contributed by atoms with Gasteiger partial charge in [0.1, 0.15) is 16.5 Å². The van der Waals surface area contributed by atoms with Gasteiger partial charge in [-0.2, -0.15) is 0 Å². The summed E-state index contributed by atoms with van der Waals surface area (Å²) in [5.74, 6) is 0. The van der Waals surface area contributed by atoms with Crippen molar-refractivity contribution in [2.24, 2.45) is 0 Å². The Morgan fingerprint density at radius 2 is 1.69 bits per heavy atom. The molecular formula is C29H27BNO3S. The van der Waals surface area contributed by atoms with Gasteiger partial charge in [-0.3, -0.25) is 0 Å². The number of hydrogen-bond donors (Lipinski definition) is 2. The molecule has 0 saturated carbocycles. The molecule has 6 heteroatoms. The fraction of sp³-hybridized carbons (Fsp3) is 0.241. The molecule has 1 aliphatic rings. The van der Waals surface area contributed by atoms with E-state index in [1.165, 1.54) is 26.9 Å². The van der Waals surface area contributed by atoms with Gasteiger partial charge in [0.25, 0.3) is 0 Å². The molecule has 1 atom stereocenters. The molecule has 0 fully saturated rings. The van der Waals surface area contributed by atoms with Gasteiger partial charge in [0.15, 0.2) is 0 Å². The lowest BCUT2D eigenvalue weighted by Crippen LogP contribution is -2.49. The molecule has 1 unspecified atom stereocenters. The number of anilines is 1. The molecule has 4 aromatic carbocycles. The van der Waals surface area contributed by atoms with Gasteiger partial charge in [-0.15, -0.1) is 0 Å². The number of nitrogens with one attached hydrogen (secondary N) is 1. The van der Waals surface area contributed by atoms with E-state index < -0.39 is 11.2 Å². The van der Waals surface area contributed by atoms with Crippen LogP contribution in [0, 0.1) is 0 Å². The normalized spacial score (nSPS) is 16.1. The van der Waals surface area contributed by atoms with Crippen LogP contribution in [0.3, 0.4) is 0 Å². The van der Waals surface area contributed by atoms with Crippen molar-refractivity contribution in [2.75, 3.05) is 5.32 Å². The van der Waals surface area contributed by atoms with Crippen molar-refractivity contribution in [3.8, 4) is 0 Å². The molecule has 4 nitrogen and oxygen atoms in total. The molecule has 1 aromatic heterocycles. The maximum atomic E-state index is 10.5. The summed E-state index contributed by atoms with van der Waals surface area (Å²) in [4.78, 5) is 1.27. The first-order valence-electron chi connectivity index (χ1n) is 11.8. The van der Waals surface area contributed by atoms with Crippen LogP contribution in [0.4, 0.5) is 5.69 Å². The van der Waals surface area contributed by atoms with Crippen molar-refractivity contribution in [3.63, 3.8) is 0 Å². The van der Waals surface area contributed by atoms with Gasteiger partial charge in [0.2, 0.25) is 0 Å². The van der Waals surface area contributed by atoms with Crippen molar-refractivity contribution in [1.82, 2.24) is 0 Å². The van der Waals surface area contributed by atoms with E-state index in [0.29, 0.717) is 0 Å². The Balaban J connectivity index is 1.32. The van der Waals surface area contributed by atoms with E-state index in [1.807, 2.05) is 43.8 Å². The topological polar surface area (TPSA) is 54.6 Å². The van der Waals surface area contributed by atoms with Crippen molar-refractivity contribution >= 4 is 63.1 Å². The zero-order chi connectivity index (χ0) is 24.4. The minimum absolute atomic E-state index is 0.126. The van der Waals surface area contributed by atoms with Gasteiger partial charge in [0, 0.05) is 21.4 Å². The first-order chi connectivity index (χ1) is 16.7. The van der Waals surface area contributed by atoms with Gasteiger partial charge >= 0.3 is 7.48 Å². The first kappa shape index (κ1) is 22.5. The van der Waals surface area contributed by atoms with Crippen molar-refractivity contribution in [3.05, 3.63) is 78.4 Å². The summed E-state index contributed by atoms with van der Waals surface area (Å²) in [6.07, 6.45) is 0. The van der Waals surface area contributed by atoms with Crippen molar-refractivity contribution in [2.45, 2.75) is 49.2 Å². The smallest absolute Gasteiger partial charge is 0.331 e. The van der Waals surface area contributed by atoms with Gasteiger partial charge in [-0.25, -0.2) is 0 Å². The van der Waals surface area contributed by atoms with Crippen LogP contribution in [0.2, 0.25) is 0 Å². The average Bonchev–Trinajstić information content (AvgIpc) is 3.41. The lowest BCUT2D eigenvalue weighted by atomic mass is 9.80. The lowest BCUT2D eigenvalue weighted by Gasteiger charge is -2.37. The Kier molecular flexibility index (Phi) is 5.19. The Morgan fingerprint density at radius 1 is 0.914 bits per heavy atom. The molecular weight excluding hydrogens is 453 g/mol. The maximum Gasteiger partial charge on any atom is 0.331 e. The number of rotatable bonds is 5. The number of furan rings is 1. The van der Waals surface area contributed by atoms with Crippen LogP contribution in [0.15, 0.2) is 82.1 Å². The highest BCUT2D eigenvalue weighted by Gasteiger charge is 2.36. The molecule has 175 valence electrons. The van der Waals surface area contributed by atoms with E-state index >= 15 is 0 Å². The monoisotopic (exact) mass is 480 g/mol. The van der Waals surface area contributed by atoms with Crippen LogP contribution >= 0.6 is 11.8 Å². The summed E-state index contributed by atoms with van der Waals surface area (Å²) in [6.45, 7) is 7.28. The van der Waals surface area contributed by atoms with E-state index in [9.17, 15) is 5.11 Å². The lowest BCUT2D eigenvalue weighted by molar-refractivity contribution is -0.0893. The highest BCUT2D eigenvalue weighted by molar-refractivity contribution is 8.00. The summed E-state index contributed by atoms with van der Waals surface area (Å²) in [5, 5.41) is 18.8. The van der Waals surface area contributed by atoms with Gasteiger partial charge < -0.3 is 19.5 Å². The Hall–Kier alpha value is -2.93. The zero-order valence-corrected chi connectivity index (χ0v) is 21.1. The van der Waals surface area contributed by atoms with Crippen LogP contribution in [-0.4, -0.2) is 23.8 Å². The van der Waals surface area contributed by atoms with Crippen LogP contribution in [0.1, 0.15) is 38.6 Å². The van der Waals surface area contributed by atoms with Gasteiger partial charge in [-0.1, -0.05) is 60.3 Å². The molecule has 1 aliphatic heterocycles. The molecule has 2 heterocycles. The van der Waals surface area contributed by atoms with Crippen LogP contribution in [0.5, 0.6) is 0 Å². The summed E-state index contributed by atoms with van der Waals surface area (Å²) >= 11 is 1.83. The summed E-state index contributed by atoms with van der Waals surface area (Å²) in [7, 11) is 1.73. The number of fused-ring (bicyclic) bond motifs is 5. The fourth-order valence-electron chi connectivity index (χ4n) is 4.36. The Bertz CT molecular complexity index is 1540. The third-order valence-corrected chi connectivity index (χ3v) is 8.41. The number of thioether (sulfide) groups is 1. The largest absolute Gasteiger partial charge is 0.456 e. The fourth-order valence-corrected chi connectivity index (χ4v) is 5.53. The zero-order valence-electron chi connectivity index (χ0n) is 20.3. The van der Waals surface area contributed by atoms with E-state index in [0.717, 1.165) is 27.4 Å². The predicted molar refractivity (Wildman–Crippen MR) is 147 cm³/mol. The molecule has 0 aliphatic carbocycles. The first-order valence-corrected chi connectivity index (χ1v) is 12.7. The third kappa shape index (κ3) is 3.90. The quantitative estimate of drug-likeness (QED) is 0.272. The van der Waals surface area contributed by atoms with Crippen LogP contribution < -0.4 is 10.8 Å². The van der Waals surface area contributed by atoms with Crippen molar-refractivity contribution in [1.29, 1.82) is 0 Å². The maximum absolute atomic E-state index is 10.5. The minimum Gasteiger partial charge on any atom is -0.456 e. The Labute approximate surface area is 209 Å². The summed E-state index contributed by atoms with van der Waals surface area (Å²) in [6, 6.07) is 25.4. The number of aliphatic hydroxyl groups is 1. The number of benzene rings is 4. The van der Waals surface area contributed by atoms with Gasteiger partial charge in [0.05, 0.1) is 11.2 Å². The molecule has 0 bridgehead atoms. The molecule has 35 heavy (non-hydrogen) atoms. The molecule has 0 saturated heterocycles. The van der Waals surface area contributed by atoms with E-state index in [1.54, 1.807) is 21.3 Å². The SMILES string of the molecule is CC(C)(O)C(C)(C)O[B]c1cccc2oc3cc(C4Nc5cc6ccccc6cc5S4)ccc3c12. The second kappa shape index (κ2) is 8.05. The second-order valence-corrected chi connectivity index (χ2v) is 11.4. The van der Waals surface area contributed by atoms with E-state index in [4.69, 9.17) is 9.07 Å². The van der Waals surface area contributed by atoms with Gasteiger partial charge in [-0.05, 0) is 73.8 Å². The molecule has 5 aromatic rings. The highest BCUT2D eigenvalue weighted by atomic mass is 32.2. The molecule has 2 N–H and O–H groups in total. The summed E-state index contributed by atoms with van der Waals surface area (Å²) < 4.78 is 12.3. The molecule has 0 amide bonds. The minimum atomic E-state index is -0.986. The van der Waals surface area contributed by atoms with Crippen LogP contribution in [0.25, 0.3) is 32.7 Å². The standard InChI is InChI=1S/C29H27BNO3S/c1-28(2,32)29(3,4)34-30-21-10-7-11-23-26(21)20-13-12-19(15-24(20)33-23)27-31-22-14-17-8-5-6-9-18(17)16-25(22)35-27/h5-16,27,31-32H,1-4H3. The van der Waals surface area contributed by atoms with E-state index in [-0.39, 0.29) is 5.37 Å². The average molecular weight is 480 g/mol. The third-order valence-electron chi connectivity index (χ3n) is 7.19. The highest BCUT2D eigenvalue weighted by Crippen LogP contribution is 2.48. The molecule has 6 rings (SSSR count). The molecule has 0 spiro atoms. The van der Waals surface area contributed by atoms with E-state index in [2.05, 4.69) is 59.9 Å². The molecule has 1 radical (unpaired) electrons. The van der Waals surface area contributed by atoms with Crippen molar-refractivity contribution < 1.29 is 14.2 Å². The number of hydrogen-bond acceptors (Lipinski definition) is 5. The Morgan fingerprint density at radius 3 is 2.46 bits per heavy atom.